The standard InChI is InChI=1S/C17H24N4O2S/c1-12-15(13(2)23-20-12)6-7-16(22)19-17-18-14(11-24-17)10-21-8-4-3-5-9-21/h11H,3-10H2,1-2H3,(H,18,19,22). The Morgan fingerprint density at radius 2 is 2.12 bits per heavy atom. The second kappa shape index (κ2) is 7.90. The van der Waals surface area contributed by atoms with Crippen LogP contribution in [0.15, 0.2) is 9.90 Å². The van der Waals surface area contributed by atoms with Crippen molar-refractivity contribution in [2.45, 2.75) is 52.5 Å². The predicted molar refractivity (Wildman–Crippen MR) is 94.2 cm³/mol. The van der Waals surface area contributed by atoms with Gasteiger partial charge in [-0.15, -0.1) is 11.3 Å². The highest BCUT2D eigenvalue weighted by atomic mass is 32.1. The summed E-state index contributed by atoms with van der Waals surface area (Å²) in [4.78, 5) is 19.1. The van der Waals surface area contributed by atoms with Gasteiger partial charge in [0, 0.05) is 23.9 Å². The molecule has 0 atom stereocenters. The topological polar surface area (TPSA) is 71.3 Å². The first kappa shape index (κ1) is 17.1. The molecule has 0 unspecified atom stereocenters. The number of carbonyl (C=O) groups excluding carboxylic acids is 1. The average Bonchev–Trinajstić information content (AvgIpc) is 3.13. The fraction of sp³-hybridized carbons (Fsp3) is 0.588. The minimum atomic E-state index is -0.0196. The molecule has 2 aromatic rings. The lowest BCUT2D eigenvalue weighted by atomic mass is 10.1. The van der Waals surface area contributed by atoms with Gasteiger partial charge in [0.05, 0.1) is 11.4 Å². The number of nitrogens with one attached hydrogen (secondary N) is 1. The molecular formula is C17H24N4O2S. The first-order valence-corrected chi connectivity index (χ1v) is 9.38. The van der Waals surface area contributed by atoms with E-state index in [0.717, 1.165) is 42.3 Å². The van der Waals surface area contributed by atoms with Crippen LogP contribution in [0, 0.1) is 13.8 Å². The Morgan fingerprint density at radius 1 is 1.33 bits per heavy atom. The molecule has 0 radical (unpaired) electrons. The fourth-order valence-corrected chi connectivity index (χ4v) is 3.78. The Morgan fingerprint density at radius 3 is 2.83 bits per heavy atom. The molecule has 130 valence electrons. The van der Waals surface area contributed by atoms with Gasteiger partial charge >= 0.3 is 0 Å². The van der Waals surface area contributed by atoms with Crippen LogP contribution < -0.4 is 5.32 Å². The summed E-state index contributed by atoms with van der Waals surface area (Å²) in [5, 5.41) is 9.54. The van der Waals surface area contributed by atoms with Gasteiger partial charge in [-0.2, -0.15) is 0 Å². The molecule has 2 aromatic heterocycles. The van der Waals surface area contributed by atoms with E-state index in [1.54, 1.807) is 0 Å². The van der Waals surface area contributed by atoms with Crippen LogP contribution in [-0.4, -0.2) is 34.0 Å². The number of rotatable bonds is 6. The molecule has 6 nitrogen and oxygen atoms in total. The Kier molecular flexibility index (Phi) is 5.63. The van der Waals surface area contributed by atoms with Gasteiger partial charge in [-0.1, -0.05) is 11.6 Å². The maximum Gasteiger partial charge on any atom is 0.226 e. The van der Waals surface area contributed by atoms with Crippen LogP contribution in [-0.2, 0) is 17.8 Å². The molecule has 0 aliphatic carbocycles. The van der Waals surface area contributed by atoms with Gasteiger partial charge in [0.25, 0.3) is 0 Å². The first-order chi connectivity index (χ1) is 11.6. The summed E-state index contributed by atoms with van der Waals surface area (Å²) in [5.74, 6) is 0.771. The van der Waals surface area contributed by atoms with E-state index in [0.29, 0.717) is 18.0 Å². The van der Waals surface area contributed by atoms with Crippen LogP contribution in [0.2, 0.25) is 0 Å². The van der Waals surface area contributed by atoms with Crippen molar-refractivity contribution in [1.29, 1.82) is 0 Å². The Labute approximate surface area is 146 Å². The number of nitrogens with zero attached hydrogens (tertiary/aromatic N) is 3. The lowest BCUT2D eigenvalue weighted by Crippen LogP contribution is -2.29. The van der Waals surface area contributed by atoms with E-state index in [4.69, 9.17) is 4.52 Å². The van der Waals surface area contributed by atoms with E-state index < -0.39 is 0 Å². The van der Waals surface area contributed by atoms with Crippen molar-refractivity contribution in [2.75, 3.05) is 18.4 Å². The van der Waals surface area contributed by atoms with Gasteiger partial charge in [0.1, 0.15) is 5.76 Å². The van der Waals surface area contributed by atoms with Crippen LogP contribution in [0.1, 0.15) is 48.4 Å². The lowest BCUT2D eigenvalue weighted by Gasteiger charge is -2.25. The quantitative estimate of drug-likeness (QED) is 0.867. The average molecular weight is 348 g/mol. The largest absolute Gasteiger partial charge is 0.361 e. The van der Waals surface area contributed by atoms with Gasteiger partial charge in [-0.3, -0.25) is 9.69 Å². The number of thiazole rings is 1. The predicted octanol–water partition coefficient (Wildman–Crippen LogP) is 3.31. The number of amides is 1. The summed E-state index contributed by atoms with van der Waals surface area (Å²) in [5.41, 5.74) is 2.93. The number of hydrogen-bond acceptors (Lipinski definition) is 6. The second-order valence-corrected chi connectivity index (χ2v) is 7.19. The smallest absolute Gasteiger partial charge is 0.226 e. The van der Waals surface area contributed by atoms with Gasteiger partial charge in [-0.25, -0.2) is 4.98 Å². The molecule has 7 heteroatoms. The van der Waals surface area contributed by atoms with E-state index >= 15 is 0 Å². The van der Waals surface area contributed by atoms with Crippen molar-refractivity contribution < 1.29 is 9.32 Å². The van der Waals surface area contributed by atoms with Crippen LogP contribution in [0.5, 0.6) is 0 Å². The Balaban J connectivity index is 1.48. The number of piperidine rings is 1. The monoisotopic (exact) mass is 348 g/mol. The number of aryl methyl sites for hydroxylation is 2. The van der Waals surface area contributed by atoms with Gasteiger partial charge in [0.2, 0.25) is 5.91 Å². The molecule has 0 bridgehead atoms. The van der Waals surface area contributed by atoms with E-state index in [1.807, 2.05) is 19.2 Å². The van der Waals surface area contributed by atoms with Crippen LogP contribution >= 0.6 is 11.3 Å². The Bertz CT molecular complexity index is 669. The summed E-state index contributed by atoms with van der Waals surface area (Å²) >= 11 is 1.50. The van der Waals surface area contributed by atoms with Gasteiger partial charge < -0.3 is 9.84 Å². The summed E-state index contributed by atoms with van der Waals surface area (Å²) in [6.07, 6.45) is 4.92. The third-order valence-corrected chi connectivity index (χ3v) is 5.22. The SMILES string of the molecule is Cc1noc(C)c1CCC(=O)Nc1nc(CN2CCCCC2)cs1. The van der Waals surface area contributed by atoms with Crippen LogP contribution in [0.4, 0.5) is 5.13 Å². The number of hydrogen-bond donors (Lipinski definition) is 1. The van der Waals surface area contributed by atoms with E-state index in [1.165, 1.54) is 30.6 Å². The lowest BCUT2D eigenvalue weighted by molar-refractivity contribution is -0.116. The molecule has 3 heterocycles. The molecule has 1 amide bonds. The molecule has 1 saturated heterocycles. The van der Waals surface area contributed by atoms with E-state index in [9.17, 15) is 4.79 Å². The fourth-order valence-electron chi connectivity index (χ4n) is 3.06. The summed E-state index contributed by atoms with van der Waals surface area (Å²) in [6, 6.07) is 0. The van der Waals surface area contributed by atoms with E-state index in [-0.39, 0.29) is 5.91 Å². The first-order valence-electron chi connectivity index (χ1n) is 8.50. The zero-order valence-electron chi connectivity index (χ0n) is 14.3. The zero-order chi connectivity index (χ0) is 16.9. The molecule has 3 rings (SSSR count). The van der Waals surface area contributed by atoms with E-state index in [2.05, 4.69) is 20.4 Å². The molecule has 1 aliphatic heterocycles. The maximum absolute atomic E-state index is 12.1. The van der Waals surface area contributed by atoms with Crippen LogP contribution in [0.25, 0.3) is 0 Å². The Hall–Kier alpha value is -1.73. The number of likely N-dealkylation sites (tertiary alicyclic amines) is 1. The van der Waals surface area contributed by atoms with Crippen molar-refractivity contribution >= 4 is 22.4 Å². The molecule has 0 aromatic carbocycles. The van der Waals surface area contributed by atoms with Gasteiger partial charge in [-0.05, 0) is 46.2 Å². The highest BCUT2D eigenvalue weighted by Crippen LogP contribution is 2.20. The minimum absolute atomic E-state index is 0.0196. The second-order valence-electron chi connectivity index (χ2n) is 6.33. The molecule has 0 saturated carbocycles. The third kappa shape index (κ3) is 4.42. The third-order valence-electron chi connectivity index (χ3n) is 4.42. The number of carbonyl (C=O) groups is 1. The minimum Gasteiger partial charge on any atom is -0.361 e. The molecular weight excluding hydrogens is 324 g/mol. The number of anilines is 1. The van der Waals surface area contributed by atoms with Crippen LogP contribution in [0.3, 0.4) is 0 Å². The zero-order valence-corrected chi connectivity index (χ0v) is 15.1. The molecule has 0 spiro atoms. The molecule has 1 N–H and O–H groups in total. The van der Waals surface area contributed by atoms with Crippen molar-refractivity contribution in [3.63, 3.8) is 0 Å². The van der Waals surface area contributed by atoms with Gasteiger partial charge in [0.15, 0.2) is 5.13 Å². The highest BCUT2D eigenvalue weighted by Gasteiger charge is 2.14. The van der Waals surface area contributed by atoms with Crippen molar-refractivity contribution in [3.05, 3.63) is 28.1 Å². The highest BCUT2D eigenvalue weighted by molar-refractivity contribution is 7.13. The maximum atomic E-state index is 12.1. The summed E-state index contributed by atoms with van der Waals surface area (Å²) < 4.78 is 5.12. The molecule has 1 fully saturated rings. The normalized spacial score (nSPS) is 15.6. The summed E-state index contributed by atoms with van der Waals surface area (Å²) in [7, 11) is 0. The number of aromatic nitrogens is 2. The van der Waals surface area contributed by atoms with Crippen molar-refractivity contribution in [3.8, 4) is 0 Å². The molecule has 24 heavy (non-hydrogen) atoms. The van der Waals surface area contributed by atoms with Crippen molar-refractivity contribution in [1.82, 2.24) is 15.0 Å². The van der Waals surface area contributed by atoms with Crippen molar-refractivity contribution in [2.24, 2.45) is 0 Å². The molecule has 1 aliphatic rings. The summed E-state index contributed by atoms with van der Waals surface area (Å²) in [6.45, 7) is 6.96.